The van der Waals surface area contributed by atoms with Crippen LogP contribution in [0.4, 0.5) is 11.7 Å². The van der Waals surface area contributed by atoms with Gasteiger partial charge in [-0.25, -0.2) is 0 Å². The molecule has 130 valence electrons. The zero-order valence-corrected chi connectivity index (χ0v) is 14.1. The zero-order chi connectivity index (χ0) is 15.6. The predicted molar refractivity (Wildman–Crippen MR) is 93.9 cm³/mol. The van der Waals surface area contributed by atoms with Crippen molar-refractivity contribution in [3.63, 3.8) is 0 Å². The minimum absolute atomic E-state index is 0. The Morgan fingerprint density at radius 2 is 2.17 bits per heavy atom. The number of anilines is 2. The Labute approximate surface area is 146 Å². The SMILES string of the molecule is Cl.O=C(Nc1ccc2nc(N3CCOCC3)oc2c1)C1CCCN1. The highest BCUT2D eigenvalue weighted by atomic mass is 35.5. The number of carbonyl (C=O) groups is 1. The molecule has 4 rings (SSSR count). The Hall–Kier alpha value is -1.83. The fourth-order valence-electron chi connectivity index (χ4n) is 3.02. The average Bonchev–Trinajstić information content (AvgIpc) is 3.25. The number of benzene rings is 1. The molecule has 0 spiro atoms. The first-order chi connectivity index (χ1) is 11.3. The molecule has 0 saturated carbocycles. The molecule has 1 aromatic heterocycles. The van der Waals surface area contributed by atoms with E-state index < -0.39 is 0 Å². The molecule has 7 nitrogen and oxygen atoms in total. The fraction of sp³-hybridized carbons (Fsp3) is 0.500. The number of fused-ring (bicyclic) bond motifs is 1. The van der Waals surface area contributed by atoms with Gasteiger partial charge in [-0.15, -0.1) is 12.4 Å². The van der Waals surface area contributed by atoms with Gasteiger partial charge in [0.1, 0.15) is 5.52 Å². The third kappa shape index (κ3) is 3.48. The molecular formula is C16H21ClN4O3. The van der Waals surface area contributed by atoms with Crippen LogP contribution in [0, 0.1) is 0 Å². The molecule has 2 fully saturated rings. The molecule has 0 radical (unpaired) electrons. The Kier molecular flexibility index (Phi) is 5.23. The number of aromatic nitrogens is 1. The smallest absolute Gasteiger partial charge is 0.298 e. The topological polar surface area (TPSA) is 79.6 Å². The van der Waals surface area contributed by atoms with Gasteiger partial charge in [0.2, 0.25) is 5.91 Å². The number of morpholine rings is 1. The van der Waals surface area contributed by atoms with Crippen LogP contribution in [-0.4, -0.2) is 49.8 Å². The van der Waals surface area contributed by atoms with Crippen molar-refractivity contribution < 1.29 is 13.9 Å². The number of hydrogen-bond donors (Lipinski definition) is 2. The number of hydrogen-bond acceptors (Lipinski definition) is 6. The summed E-state index contributed by atoms with van der Waals surface area (Å²) in [6.45, 7) is 3.85. The van der Waals surface area contributed by atoms with E-state index in [-0.39, 0.29) is 24.4 Å². The fourth-order valence-corrected chi connectivity index (χ4v) is 3.02. The number of ether oxygens (including phenoxy) is 1. The van der Waals surface area contributed by atoms with Crippen molar-refractivity contribution in [2.24, 2.45) is 0 Å². The van der Waals surface area contributed by atoms with Crippen LogP contribution in [0.5, 0.6) is 0 Å². The van der Waals surface area contributed by atoms with E-state index in [0.717, 1.165) is 43.7 Å². The van der Waals surface area contributed by atoms with Gasteiger partial charge in [0, 0.05) is 24.8 Å². The number of rotatable bonds is 3. The number of oxazole rings is 1. The van der Waals surface area contributed by atoms with Crippen LogP contribution in [0.2, 0.25) is 0 Å². The maximum absolute atomic E-state index is 12.2. The van der Waals surface area contributed by atoms with Crippen molar-refractivity contribution in [1.29, 1.82) is 0 Å². The molecule has 3 heterocycles. The third-order valence-electron chi connectivity index (χ3n) is 4.30. The van der Waals surface area contributed by atoms with Gasteiger partial charge in [-0.05, 0) is 31.5 Å². The van der Waals surface area contributed by atoms with Crippen LogP contribution in [0.1, 0.15) is 12.8 Å². The lowest BCUT2D eigenvalue weighted by atomic mass is 10.2. The molecule has 2 aromatic rings. The van der Waals surface area contributed by atoms with Crippen molar-refractivity contribution in [2.45, 2.75) is 18.9 Å². The van der Waals surface area contributed by atoms with Gasteiger partial charge in [0.15, 0.2) is 5.58 Å². The Morgan fingerprint density at radius 1 is 1.33 bits per heavy atom. The number of nitrogens with one attached hydrogen (secondary N) is 2. The molecule has 1 amide bonds. The summed E-state index contributed by atoms with van der Waals surface area (Å²) >= 11 is 0. The highest BCUT2D eigenvalue weighted by molar-refractivity contribution is 5.96. The van der Waals surface area contributed by atoms with Crippen LogP contribution < -0.4 is 15.5 Å². The summed E-state index contributed by atoms with van der Waals surface area (Å²) in [5, 5.41) is 6.14. The number of nitrogens with zero attached hydrogens (tertiary/aromatic N) is 2. The summed E-state index contributed by atoms with van der Waals surface area (Å²) in [6.07, 6.45) is 1.93. The lowest BCUT2D eigenvalue weighted by Gasteiger charge is -2.24. The summed E-state index contributed by atoms with van der Waals surface area (Å²) < 4.78 is 11.2. The molecule has 0 aliphatic carbocycles. The van der Waals surface area contributed by atoms with Crippen molar-refractivity contribution in [2.75, 3.05) is 43.1 Å². The third-order valence-corrected chi connectivity index (χ3v) is 4.30. The van der Waals surface area contributed by atoms with Crippen LogP contribution >= 0.6 is 12.4 Å². The van der Waals surface area contributed by atoms with E-state index in [0.29, 0.717) is 24.8 Å². The van der Waals surface area contributed by atoms with Gasteiger partial charge in [-0.1, -0.05) is 0 Å². The second kappa shape index (κ2) is 7.38. The Balaban J connectivity index is 0.00000169. The quantitative estimate of drug-likeness (QED) is 0.876. The molecule has 1 unspecified atom stereocenters. The predicted octanol–water partition coefficient (Wildman–Crippen LogP) is 1.78. The van der Waals surface area contributed by atoms with Crippen molar-refractivity contribution >= 4 is 41.1 Å². The van der Waals surface area contributed by atoms with Gasteiger partial charge in [0.05, 0.1) is 19.3 Å². The van der Waals surface area contributed by atoms with E-state index in [2.05, 4.69) is 20.5 Å². The van der Waals surface area contributed by atoms with E-state index in [1.54, 1.807) is 0 Å². The molecular weight excluding hydrogens is 332 g/mol. The molecule has 2 aliphatic heterocycles. The highest BCUT2D eigenvalue weighted by Gasteiger charge is 2.22. The first-order valence-corrected chi connectivity index (χ1v) is 8.07. The monoisotopic (exact) mass is 352 g/mol. The van der Waals surface area contributed by atoms with Gasteiger partial charge in [-0.3, -0.25) is 4.79 Å². The van der Waals surface area contributed by atoms with E-state index in [1.165, 1.54) is 0 Å². The Bertz CT molecular complexity index is 708. The van der Waals surface area contributed by atoms with Crippen molar-refractivity contribution in [3.05, 3.63) is 18.2 Å². The molecule has 2 N–H and O–H groups in total. The van der Waals surface area contributed by atoms with Crippen LogP contribution in [0.3, 0.4) is 0 Å². The van der Waals surface area contributed by atoms with Gasteiger partial charge >= 0.3 is 0 Å². The van der Waals surface area contributed by atoms with Crippen LogP contribution in [-0.2, 0) is 9.53 Å². The molecule has 8 heteroatoms. The molecule has 0 bridgehead atoms. The first kappa shape index (κ1) is 17.0. The maximum atomic E-state index is 12.2. The zero-order valence-electron chi connectivity index (χ0n) is 13.3. The summed E-state index contributed by atoms with van der Waals surface area (Å²) in [5.41, 5.74) is 2.22. The largest absolute Gasteiger partial charge is 0.423 e. The lowest BCUT2D eigenvalue weighted by Crippen LogP contribution is -2.36. The summed E-state index contributed by atoms with van der Waals surface area (Å²) in [6, 6.07) is 6.09. The Morgan fingerprint density at radius 3 is 2.92 bits per heavy atom. The van der Waals surface area contributed by atoms with Gasteiger partial charge in [0.25, 0.3) is 6.01 Å². The molecule has 1 atom stereocenters. The van der Waals surface area contributed by atoms with E-state index in [4.69, 9.17) is 9.15 Å². The van der Waals surface area contributed by atoms with Crippen molar-refractivity contribution in [1.82, 2.24) is 10.3 Å². The van der Waals surface area contributed by atoms with Crippen molar-refractivity contribution in [3.8, 4) is 0 Å². The molecule has 1 aromatic carbocycles. The summed E-state index contributed by atoms with van der Waals surface area (Å²) in [5.74, 6) is 0.00904. The minimum atomic E-state index is -0.0932. The van der Waals surface area contributed by atoms with E-state index in [1.807, 2.05) is 18.2 Å². The standard InChI is InChI=1S/C16H20N4O3.ClH/c21-15(13-2-1-5-17-13)18-11-3-4-12-14(10-11)23-16(19-12)20-6-8-22-9-7-20;/h3-4,10,13,17H,1-2,5-9H2,(H,18,21);1H. The second-order valence-corrected chi connectivity index (χ2v) is 5.92. The van der Waals surface area contributed by atoms with Gasteiger partial charge < -0.3 is 24.7 Å². The number of halogens is 1. The highest BCUT2D eigenvalue weighted by Crippen LogP contribution is 2.25. The average molecular weight is 353 g/mol. The molecule has 2 saturated heterocycles. The minimum Gasteiger partial charge on any atom is -0.423 e. The van der Waals surface area contributed by atoms with Crippen LogP contribution in [0.15, 0.2) is 22.6 Å². The maximum Gasteiger partial charge on any atom is 0.298 e. The van der Waals surface area contributed by atoms with Gasteiger partial charge in [-0.2, -0.15) is 4.98 Å². The normalized spacial score (nSPS) is 20.8. The number of carbonyl (C=O) groups excluding carboxylic acids is 1. The van der Waals surface area contributed by atoms with E-state index in [9.17, 15) is 4.79 Å². The first-order valence-electron chi connectivity index (χ1n) is 8.07. The van der Waals surface area contributed by atoms with Crippen LogP contribution in [0.25, 0.3) is 11.1 Å². The molecule has 24 heavy (non-hydrogen) atoms. The lowest BCUT2D eigenvalue weighted by molar-refractivity contribution is -0.117. The summed E-state index contributed by atoms with van der Waals surface area (Å²) in [7, 11) is 0. The second-order valence-electron chi connectivity index (χ2n) is 5.92. The summed E-state index contributed by atoms with van der Waals surface area (Å²) in [4.78, 5) is 18.7. The molecule has 2 aliphatic rings. The number of amides is 1. The van der Waals surface area contributed by atoms with E-state index >= 15 is 0 Å².